The number of aromatic nitrogens is 1. The van der Waals surface area contributed by atoms with Crippen LogP contribution in [0.1, 0.15) is 18.5 Å². The molecule has 0 aromatic carbocycles. The number of aryl methyl sites for hydroxylation is 1. The highest BCUT2D eigenvalue weighted by Gasteiger charge is 2.29. The summed E-state index contributed by atoms with van der Waals surface area (Å²) in [5.74, 6) is 0.261. The number of nitrogens with two attached hydrogens (primary N) is 1. The van der Waals surface area contributed by atoms with E-state index in [2.05, 4.69) is 9.71 Å². The topological polar surface area (TPSA) is 119 Å². The third-order valence-corrected chi connectivity index (χ3v) is 6.58. The summed E-state index contributed by atoms with van der Waals surface area (Å²) in [6.45, 7) is 1.47. The normalized spacial score (nSPS) is 16.8. The summed E-state index contributed by atoms with van der Waals surface area (Å²) in [5.41, 5.74) is 0.201. The molecule has 1 saturated carbocycles. The van der Waals surface area contributed by atoms with Crippen molar-refractivity contribution in [1.82, 2.24) is 4.98 Å². The molecule has 1 aliphatic rings. The van der Waals surface area contributed by atoms with E-state index in [0.29, 0.717) is 0 Å². The van der Waals surface area contributed by atoms with Gasteiger partial charge in [-0.15, -0.1) is 0 Å². The van der Waals surface area contributed by atoms with Crippen molar-refractivity contribution in [3.05, 3.63) is 5.69 Å². The van der Waals surface area contributed by atoms with E-state index in [1.54, 1.807) is 0 Å². The van der Waals surface area contributed by atoms with Gasteiger partial charge in [0.05, 0.1) is 11.4 Å². The van der Waals surface area contributed by atoms with Crippen LogP contribution in [0.4, 0.5) is 5.13 Å². The van der Waals surface area contributed by atoms with Gasteiger partial charge < -0.3 is 0 Å². The van der Waals surface area contributed by atoms with Crippen LogP contribution < -0.4 is 9.86 Å². The lowest BCUT2D eigenvalue weighted by Gasteiger charge is -2.02. The van der Waals surface area contributed by atoms with Crippen LogP contribution in [-0.4, -0.2) is 27.6 Å². The monoisotopic (exact) mass is 311 g/mol. The number of nitrogens with zero attached hydrogens (tertiary/aromatic N) is 1. The van der Waals surface area contributed by atoms with Gasteiger partial charge in [-0.3, -0.25) is 4.72 Å². The maximum Gasteiger partial charge on any atom is 0.249 e. The van der Waals surface area contributed by atoms with Gasteiger partial charge >= 0.3 is 0 Å². The van der Waals surface area contributed by atoms with Crippen molar-refractivity contribution < 1.29 is 16.8 Å². The third-order valence-electron chi connectivity index (χ3n) is 2.41. The summed E-state index contributed by atoms with van der Waals surface area (Å²) in [6, 6.07) is 0. The number of primary sulfonamides is 1. The number of anilines is 1. The van der Waals surface area contributed by atoms with Gasteiger partial charge in [-0.25, -0.2) is 27.0 Å². The van der Waals surface area contributed by atoms with Crippen molar-refractivity contribution in [2.75, 3.05) is 10.5 Å². The van der Waals surface area contributed by atoms with E-state index >= 15 is 0 Å². The fourth-order valence-electron chi connectivity index (χ4n) is 1.46. The molecule has 0 saturated heterocycles. The molecule has 10 heteroatoms. The van der Waals surface area contributed by atoms with Gasteiger partial charge in [0.2, 0.25) is 20.0 Å². The lowest BCUT2D eigenvalue weighted by molar-refractivity contribution is 0.596. The summed E-state index contributed by atoms with van der Waals surface area (Å²) < 4.78 is 47.9. The van der Waals surface area contributed by atoms with Crippen molar-refractivity contribution in [3.8, 4) is 0 Å². The van der Waals surface area contributed by atoms with Gasteiger partial charge in [-0.05, 0) is 25.7 Å². The quantitative estimate of drug-likeness (QED) is 0.808. The number of hydrogen-bond acceptors (Lipinski definition) is 6. The van der Waals surface area contributed by atoms with Crippen molar-refractivity contribution >= 4 is 36.5 Å². The second kappa shape index (κ2) is 4.44. The zero-order valence-electron chi connectivity index (χ0n) is 9.58. The molecule has 2 rings (SSSR count). The van der Waals surface area contributed by atoms with Gasteiger partial charge in [-0.1, -0.05) is 11.3 Å². The molecule has 0 atom stereocenters. The van der Waals surface area contributed by atoms with E-state index in [1.807, 2.05) is 0 Å². The number of rotatable bonds is 5. The Kier molecular flexibility index (Phi) is 3.38. The summed E-state index contributed by atoms with van der Waals surface area (Å²) in [7, 11) is -7.32. The summed E-state index contributed by atoms with van der Waals surface area (Å²) >= 11 is 0.726. The Morgan fingerprint density at radius 3 is 2.44 bits per heavy atom. The van der Waals surface area contributed by atoms with Crippen LogP contribution in [0.3, 0.4) is 0 Å². The fourth-order valence-corrected chi connectivity index (χ4v) is 5.07. The molecule has 18 heavy (non-hydrogen) atoms. The van der Waals surface area contributed by atoms with E-state index in [4.69, 9.17) is 5.14 Å². The van der Waals surface area contributed by atoms with Crippen LogP contribution in [0.15, 0.2) is 4.21 Å². The number of nitrogens with one attached hydrogen (secondary N) is 1. The Balaban J connectivity index is 2.20. The van der Waals surface area contributed by atoms with Crippen molar-refractivity contribution in [2.45, 2.75) is 24.0 Å². The smallest absolute Gasteiger partial charge is 0.249 e. The molecular formula is C8H13N3O4S3. The first-order chi connectivity index (χ1) is 8.17. The fraction of sp³-hybridized carbons (Fsp3) is 0.625. The van der Waals surface area contributed by atoms with E-state index < -0.39 is 20.0 Å². The Bertz CT molecular complexity index is 658. The molecule has 0 spiro atoms. The van der Waals surface area contributed by atoms with Crippen LogP contribution >= 0.6 is 11.3 Å². The first-order valence-electron chi connectivity index (χ1n) is 5.18. The SMILES string of the molecule is Cc1nc(NS(=O)(=O)CC2CC2)sc1S(N)(=O)=O. The minimum Gasteiger partial charge on any atom is -0.259 e. The lowest BCUT2D eigenvalue weighted by Crippen LogP contribution is -2.17. The first kappa shape index (κ1) is 13.7. The molecule has 0 bridgehead atoms. The molecule has 3 N–H and O–H groups in total. The number of thiazole rings is 1. The van der Waals surface area contributed by atoms with Crippen LogP contribution in [0.2, 0.25) is 0 Å². The molecule has 1 heterocycles. The third kappa shape index (κ3) is 3.40. The highest BCUT2D eigenvalue weighted by atomic mass is 32.2. The zero-order chi connectivity index (χ0) is 13.6. The Hall–Kier alpha value is -0.710. The van der Waals surface area contributed by atoms with Gasteiger partial charge in [0.25, 0.3) is 0 Å². The maximum atomic E-state index is 11.7. The van der Waals surface area contributed by atoms with Crippen molar-refractivity contribution in [2.24, 2.45) is 11.1 Å². The molecule has 0 unspecified atom stereocenters. The molecule has 1 aromatic rings. The first-order valence-corrected chi connectivity index (χ1v) is 9.19. The minimum atomic E-state index is -3.86. The molecule has 0 aliphatic heterocycles. The Morgan fingerprint density at radius 2 is 2.00 bits per heavy atom. The average molecular weight is 311 g/mol. The largest absolute Gasteiger partial charge is 0.259 e. The summed E-state index contributed by atoms with van der Waals surface area (Å²) in [4.78, 5) is 3.86. The number of hydrogen-bond donors (Lipinski definition) is 2. The summed E-state index contributed by atoms with van der Waals surface area (Å²) in [6.07, 6.45) is 1.83. The molecule has 102 valence electrons. The predicted molar refractivity (Wildman–Crippen MR) is 68.4 cm³/mol. The van der Waals surface area contributed by atoms with Gasteiger partial charge in [0, 0.05) is 0 Å². The Morgan fingerprint density at radius 1 is 1.39 bits per heavy atom. The molecule has 1 aromatic heterocycles. The van der Waals surface area contributed by atoms with Gasteiger partial charge in [-0.2, -0.15) is 0 Å². The number of sulfonamides is 2. The highest BCUT2D eigenvalue weighted by Crippen LogP contribution is 2.32. The molecular weight excluding hydrogens is 298 g/mol. The van der Waals surface area contributed by atoms with E-state index in [1.165, 1.54) is 6.92 Å². The lowest BCUT2D eigenvalue weighted by atomic mass is 10.5. The van der Waals surface area contributed by atoms with Crippen LogP contribution in [0.25, 0.3) is 0 Å². The van der Waals surface area contributed by atoms with E-state index in [0.717, 1.165) is 24.2 Å². The van der Waals surface area contributed by atoms with Crippen molar-refractivity contribution in [1.29, 1.82) is 0 Å². The van der Waals surface area contributed by atoms with E-state index in [9.17, 15) is 16.8 Å². The van der Waals surface area contributed by atoms with Crippen molar-refractivity contribution in [3.63, 3.8) is 0 Å². The average Bonchev–Trinajstić information content (AvgIpc) is 2.86. The molecule has 7 nitrogen and oxygen atoms in total. The second-order valence-corrected chi connectivity index (χ2v) is 8.79. The van der Waals surface area contributed by atoms with Gasteiger partial charge in [0.15, 0.2) is 9.34 Å². The predicted octanol–water partition coefficient (Wildman–Crippen LogP) is 0.251. The van der Waals surface area contributed by atoms with Gasteiger partial charge in [0.1, 0.15) is 0 Å². The van der Waals surface area contributed by atoms with E-state index in [-0.39, 0.29) is 26.7 Å². The van der Waals surface area contributed by atoms with Crippen LogP contribution in [0, 0.1) is 12.8 Å². The Labute approximate surface area is 110 Å². The summed E-state index contributed by atoms with van der Waals surface area (Å²) in [5, 5.41) is 5.03. The zero-order valence-corrected chi connectivity index (χ0v) is 12.0. The molecule has 0 radical (unpaired) electrons. The standard InChI is InChI=1S/C8H13N3O4S3/c1-5-7(18(9,14)15)16-8(10-5)11-17(12,13)4-6-2-3-6/h6H,2-4H2,1H3,(H,10,11)(H2,9,14,15). The maximum absolute atomic E-state index is 11.7. The highest BCUT2D eigenvalue weighted by molar-refractivity contribution is 7.93. The second-order valence-electron chi connectivity index (χ2n) is 4.26. The molecule has 1 aliphatic carbocycles. The molecule has 1 fully saturated rings. The van der Waals surface area contributed by atoms with Crippen LogP contribution in [0.5, 0.6) is 0 Å². The molecule has 0 amide bonds. The minimum absolute atomic E-state index is 0.0391. The van der Waals surface area contributed by atoms with Crippen LogP contribution in [-0.2, 0) is 20.0 Å².